The molecule has 1 saturated heterocycles. The van der Waals surface area contributed by atoms with Crippen molar-refractivity contribution in [1.29, 1.82) is 0 Å². The van der Waals surface area contributed by atoms with Crippen molar-refractivity contribution in [3.63, 3.8) is 0 Å². The Bertz CT molecular complexity index is 989. The summed E-state index contributed by atoms with van der Waals surface area (Å²) in [5.74, 6) is -1.16. The van der Waals surface area contributed by atoms with Crippen LogP contribution in [0.5, 0.6) is 5.75 Å². The van der Waals surface area contributed by atoms with E-state index in [2.05, 4.69) is 10.6 Å². The second kappa shape index (κ2) is 10.9. The van der Waals surface area contributed by atoms with Crippen LogP contribution in [0.15, 0.2) is 48.5 Å². The summed E-state index contributed by atoms with van der Waals surface area (Å²) < 4.78 is 49.5. The number of hydrogen-bond donors (Lipinski definition) is 3. The summed E-state index contributed by atoms with van der Waals surface area (Å²) in [4.78, 5) is 24.2. The number of halogens is 3. The summed E-state index contributed by atoms with van der Waals surface area (Å²) in [6.45, 7) is 2.89. The van der Waals surface area contributed by atoms with E-state index in [0.29, 0.717) is 26.1 Å². The molecule has 3 rings (SSSR count). The Morgan fingerprint density at radius 3 is 2.44 bits per heavy atom. The highest BCUT2D eigenvalue weighted by atomic mass is 19.4. The molecule has 1 amide bonds. The lowest BCUT2D eigenvalue weighted by Crippen LogP contribution is -2.60. The summed E-state index contributed by atoms with van der Waals surface area (Å²) in [7, 11) is 0. The molecule has 1 heterocycles. The van der Waals surface area contributed by atoms with E-state index in [0.717, 1.165) is 17.7 Å². The van der Waals surface area contributed by atoms with Crippen LogP contribution in [0.3, 0.4) is 0 Å². The molecule has 1 atom stereocenters. The Balaban J connectivity index is 1.59. The van der Waals surface area contributed by atoms with Gasteiger partial charge in [0.25, 0.3) is 0 Å². The number of aromatic carboxylic acids is 1. The van der Waals surface area contributed by atoms with Gasteiger partial charge in [0.1, 0.15) is 17.9 Å². The van der Waals surface area contributed by atoms with Crippen molar-refractivity contribution in [1.82, 2.24) is 10.6 Å². The van der Waals surface area contributed by atoms with Crippen LogP contribution in [-0.2, 0) is 15.7 Å². The van der Waals surface area contributed by atoms with Gasteiger partial charge >= 0.3 is 12.1 Å². The van der Waals surface area contributed by atoms with Crippen molar-refractivity contribution < 1.29 is 37.3 Å². The maximum atomic E-state index is 13.2. The van der Waals surface area contributed by atoms with Gasteiger partial charge < -0.3 is 19.9 Å². The maximum absolute atomic E-state index is 13.2. The predicted octanol–water partition coefficient (Wildman–Crippen LogP) is 3.80. The van der Waals surface area contributed by atoms with Crippen molar-refractivity contribution in [2.75, 3.05) is 26.4 Å². The summed E-state index contributed by atoms with van der Waals surface area (Å²) in [6.07, 6.45) is -3.60. The third-order valence-corrected chi connectivity index (χ3v) is 5.78. The second-order valence-corrected chi connectivity index (χ2v) is 8.12. The Hall–Kier alpha value is -3.11. The van der Waals surface area contributed by atoms with Crippen molar-refractivity contribution >= 4 is 11.9 Å². The van der Waals surface area contributed by atoms with Crippen molar-refractivity contribution in [2.24, 2.45) is 0 Å². The zero-order valence-corrected chi connectivity index (χ0v) is 18.7. The Labute approximate surface area is 195 Å². The van der Waals surface area contributed by atoms with Crippen LogP contribution in [0.1, 0.15) is 47.3 Å². The molecule has 0 aliphatic carbocycles. The van der Waals surface area contributed by atoms with Gasteiger partial charge in [-0.2, -0.15) is 13.2 Å². The van der Waals surface area contributed by atoms with Crippen LogP contribution in [0.4, 0.5) is 13.2 Å². The van der Waals surface area contributed by atoms with Gasteiger partial charge in [0.05, 0.1) is 17.2 Å². The molecular weight excluding hydrogens is 453 g/mol. The van der Waals surface area contributed by atoms with E-state index >= 15 is 0 Å². The van der Waals surface area contributed by atoms with Crippen LogP contribution in [0, 0.1) is 0 Å². The first-order valence-electron chi connectivity index (χ1n) is 10.9. The average Bonchev–Trinajstić information content (AvgIpc) is 2.82. The summed E-state index contributed by atoms with van der Waals surface area (Å²) in [6, 6.07) is 10.5. The highest BCUT2D eigenvalue weighted by molar-refractivity contribution is 5.88. The molecule has 1 fully saturated rings. The number of hydrogen-bond acceptors (Lipinski definition) is 5. The largest absolute Gasteiger partial charge is 0.492 e. The minimum atomic E-state index is -4.45. The molecule has 10 heteroatoms. The van der Waals surface area contributed by atoms with Crippen LogP contribution in [0.2, 0.25) is 0 Å². The molecule has 0 bridgehead atoms. The Morgan fingerprint density at radius 2 is 1.82 bits per heavy atom. The number of alkyl halides is 3. The quantitative estimate of drug-likeness (QED) is 0.473. The van der Waals surface area contributed by atoms with E-state index in [1.807, 2.05) is 0 Å². The molecule has 0 spiro atoms. The topological polar surface area (TPSA) is 96.9 Å². The molecule has 7 nitrogen and oxygen atoms in total. The minimum Gasteiger partial charge on any atom is -0.492 e. The third-order valence-electron chi connectivity index (χ3n) is 5.78. The summed E-state index contributed by atoms with van der Waals surface area (Å²) >= 11 is 0. The molecule has 0 aromatic heterocycles. The first kappa shape index (κ1) is 25.5. The van der Waals surface area contributed by atoms with Gasteiger partial charge in [0.15, 0.2) is 0 Å². The molecule has 0 unspecified atom stereocenters. The molecular formula is C24H27F3N2O5. The fraction of sp³-hybridized carbons (Fsp3) is 0.417. The monoisotopic (exact) mass is 480 g/mol. The highest BCUT2D eigenvalue weighted by Crippen LogP contribution is 2.31. The van der Waals surface area contributed by atoms with Crippen LogP contribution < -0.4 is 15.4 Å². The predicted molar refractivity (Wildman–Crippen MR) is 118 cm³/mol. The molecule has 34 heavy (non-hydrogen) atoms. The van der Waals surface area contributed by atoms with E-state index in [1.165, 1.54) is 24.3 Å². The molecule has 0 radical (unpaired) electrons. The molecule has 184 valence electrons. The van der Waals surface area contributed by atoms with Crippen LogP contribution >= 0.6 is 0 Å². The van der Waals surface area contributed by atoms with Crippen molar-refractivity contribution in [2.45, 2.75) is 37.5 Å². The maximum Gasteiger partial charge on any atom is 0.416 e. The van der Waals surface area contributed by atoms with E-state index in [1.54, 1.807) is 19.1 Å². The summed E-state index contributed by atoms with van der Waals surface area (Å²) in [5.41, 5.74) is -0.785. The number of nitrogens with one attached hydrogen (secondary N) is 2. The molecule has 2 aromatic carbocycles. The lowest BCUT2D eigenvalue weighted by Gasteiger charge is -2.37. The molecule has 2 aromatic rings. The number of carbonyl (C=O) groups is 2. The Kier molecular flexibility index (Phi) is 8.16. The van der Waals surface area contributed by atoms with E-state index in [4.69, 9.17) is 14.6 Å². The number of amides is 1. The number of benzene rings is 2. The molecule has 3 N–H and O–H groups in total. The number of carboxylic acid groups (broad SMARTS) is 1. The smallest absolute Gasteiger partial charge is 0.416 e. The Morgan fingerprint density at radius 1 is 1.15 bits per heavy atom. The lowest BCUT2D eigenvalue weighted by atomic mass is 9.88. The SMILES string of the molecule is C[C@H](NC(=O)C1(NCCOc2cccc(C(F)(F)F)c2)CCOCC1)c1ccc(C(=O)O)cc1. The van der Waals surface area contributed by atoms with Gasteiger partial charge in [-0.15, -0.1) is 0 Å². The zero-order valence-electron chi connectivity index (χ0n) is 18.7. The van der Waals surface area contributed by atoms with Gasteiger partial charge in [-0.3, -0.25) is 10.1 Å². The number of carbonyl (C=O) groups excluding carboxylic acids is 1. The fourth-order valence-corrected chi connectivity index (χ4v) is 3.76. The minimum absolute atomic E-state index is 0.0728. The number of rotatable bonds is 9. The van der Waals surface area contributed by atoms with Gasteiger partial charge in [0.2, 0.25) is 5.91 Å². The highest BCUT2D eigenvalue weighted by Gasteiger charge is 2.40. The standard InChI is InChI=1S/C24H27F3N2O5/c1-16(17-5-7-18(8-6-17)21(30)31)29-22(32)23(9-12-33-13-10-23)28-11-14-34-20-4-2-3-19(15-20)24(25,26)27/h2-8,15-16,28H,9-14H2,1H3,(H,29,32)(H,30,31)/t16-/m0/s1. The first-order chi connectivity index (χ1) is 16.1. The van der Waals surface area contributed by atoms with Crippen molar-refractivity contribution in [3.05, 3.63) is 65.2 Å². The van der Waals surface area contributed by atoms with Crippen molar-refractivity contribution in [3.8, 4) is 5.75 Å². The van der Waals surface area contributed by atoms with Crippen LogP contribution in [-0.4, -0.2) is 48.9 Å². The van der Waals surface area contributed by atoms with Gasteiger partial charge in [-0.25, -0.2) is 4.79 Å². The van der Waals surface area contributed by atoms with Gasteiger partial charge in [-0.1, -0.05) is 18.2 Å². The zero-order chi connectivity index (χ0) is 24.8. The van der Waals surface area contributed by atoms with Gasteiger partial charge in [-0.05, 0) is 55.7 Å². The average molecular weight is 480 g/mol. The van der Waals surface area contributed by atoms with Gasteiger partial charge in [0, 0.05) is 19.8 Å². The molecule has 1 aliphatic heterocycles. The van der Waals surface area contributed by atoms with E-state index in [9.17, 15) is 22.8 Å². The number of ether oxygens (including phenoxy) is 2. The number of carboxylic acids is 1. The normalized spacial score (nSPS) is 16.5. The van der Waals surface area contributed by atoms with E-state index < -0.39 is 23.2 Å². The fourth-order valence-electron chi connectivity index (χ4n) is 3.76. The summed E-state index contributed by atoms with van der Waals surface area (Å²) in [5, 5.41) is 15.2. The molecule has 1 aliphatic rings. The first-order valence-corrected chi connectivity index (χ1v) is 10.9. The lowest BCUT2D eigenvalue weighted by molar-refractivity contribution is -0.137. The second-order valence-electron chi connectivity index (χ2n) is 8.12. The van der Waals surface area contributed by atoms with Crippen LogP contribution in [0.25, 0.3) is 0 Å². The third kappa shape index (κ3) is 6.48. The van der Waals surface area contributed by atoms with E-state index in [-0.39, 0.29) is 36.4 Å². The molecule has 0 saturated carbocycles.